The fraction of sp³-hybridized carbons (Fsp3) is 0.474. The van der Waals surface area contributed by atoms with Gasteiger partial charge in [-0.3, -0.25) is 14.4 Å². The maximum absolute atomic E-state index is 13.0. The molecule has 0 spiro atoms. The molecule has 0 aromatic heterocycles. The van der Waals surface area contributed by atoms with E-state index in [1.54, 1.807) is 6.92 Å². The number of carbonyl (C=O) groups is 4. The van der Waals surface area contributed by atoms with Crippen LogP contribution in [-0.2, 0) is 30.3 Å². The fourth-order valence-electron chi connectivity index (χ4n) is 2.61. The molecule has 0 unspecified atom stereocenters. The lowest BCUT2D eigenvalue weighted by Crippen LogP contribution is -2.54. The van der Waals surface area contributed by atoms with Gasteiger partial charge in [0.05, 0.1) is 13.0 Å². The smallest absolute Gasteiger partial charge is 0.326 e. The van der Waals surface area contributed by atoms with Crippen LogP contribution in [0.25, 0.3) is 0 Å². The summed E-state index contributed by atoms with van der Waals surface area (Å²) in [6, 6.07) is 2.98. The van der Waals surface area contributed by atoms with Crippen molar-refractivity contribution in [3.8, 4) is 0 Å². The van der Waals surface area contributed by atoms with Gasteiger partial charge < -0.3 is 20.5 Å². The van der Waals surface area contributed by atoms with E-state index < -0.39 is 47.6 Å². The zero-order valence-corrected chi connectivity index (χ0v) is 16.0. The minimum atomic E-state index is -1.35. The van der Waals surface area contributed by atoms with Gasteiger partial charge in [-0.15, -0.1) is 0 Å². The number of carboxylic acids is 1. The highest BCUT2D eigenvalue weighted by Gasteiger charge is 2.31. The minimum absolute atomic E-state index is 0.0459. The van der Waals surface area contributed by atoms with E-state index in [9.17, 15) is 28.7 Å². The summed E-state index contributed by atoms with van der Waals surface area (Å²) >= 11 is 0. The Morgan fingerprint density at radius 2 is 1.75 bits per heavy atom. The molecule has 0 aliphatic rings. The second kappa shape index (κ2) is 11.0. The minimum Gasteiger partial charge on any atom is -0.480 e. The number of ether oxygens (including phenoxy) is 1. The van der Waals surface area contributed by atoms with E-state index in [-0.39, 0.29) is 19.4 Å². The molecule has 0 bridgehead atoms. The van der Waals surface area contributed by atoms with Crippen LogP contribution in [-0.4, -0.2) is 47.6 Å². The van der Waals surface area contributed by atoms with Crippen molar-refractivity contribution in [2.75, 3.05) is 6.61 Å². The second-order valence-corrected chi connectivity index (χ2v) is 6.39. The van der Waals surface area contributed by atoms with E-state index in [0.29, 0.717) is 5.56 Å². The Bertz CT molecular complexity index is 707. The SMILES string of the molecule is CCOC(=O)C[C@H](C)[C@H](NC(=O)[C@@H](Cc1ccc(F)cc1)NC(C)=O)C(=O)O. The van der Waals surface area contributed by atoms with Crippen LogP contribution in [0, 0.1) is 11.7 Å². The van der Waals surface area contributed by atoms with Crippen LogP contribution in [0.15, 0.2) is 24.3 Å². The highest BCUT2D eigenvalue weighted by atomic mass is 19.1. The van der Waals surface area contributed by atoms with E-state index in [1.165, 1.54) is 38.1 Å². The number of nitrogens with one attached hydrogen (secondary N) is 2. The molecule has 0 heterocycles. The van der Waals surface area contributed by atoms with E-state index >= 15 is 0 Å². The molecule has 9 heteroatoms. The lowest BCUT2D eigenvalue weighted by atomic mass is 9.97. The Kier molecular flexibility index (Phi) is 9.07. The van der Waals surface area contributed by atoms with Crippen molar-refractivity contribution in [2.24, 2.45) is 5.92 Å². The van der Waals surface area contributed by atoms with Crippen molar-refractivity contribution in [1.29, 1.82) is 0 Å². The zero-order chi connectivity index (χ0) is 21.3. The number of carbonyl (C=O) groups excluding carboxylic acids is 3. The first kappa shape index (κ1) is 23.1. The fourth-order valence-corrected chi connectivity index (χ4v) is 2.61. The molecule has 0 radical (unpaired) electrons. The Hall–Kier alpha value is -2.97. The van der Waals surface area contributed by atoms with E-state index in [2.05, 4.69) is 10.6 Å². The highest BCUT2D eigenvalue weighted by molar-refractivity contribution is 5.90. The van der Waals surface area contributed by atoms with Gasteiger partial charge in [-0.1, -0.05) is 19.1 Å². The maximum atomic E-state index is 13.0. The van der Waals surface area contributed by atoms with Gasteiger partial charge in [0.25, 0.3) is 0 Å². The molecule has 0 aliphatic heterocycles. The Morgan fingerprint density at radius 1 is 1.14 bits per heavy atom. The quantitative estimate of drug-likeness (QED) is 0.508. The number of benzene rings is 1. The van der Waals surface area contributed by atoms with Gasteiger partial charge in [-0.2, -0.15) is 0 Å². The maximum Gasteiger partial charge on any atom is 0.326 e. The number of carboxylic acid groups (broad SMARTS) is 1. The monoisotopic (exact) mass is 396 g/mol. The summed E-state index contributed by atoms with van der Waals surface area (Å²) in [4.78, 5) is 47.2. The Morgan fingerprint density at radius 3 is 2.25 bits per heavy atom. The molecule has 1 aromatic carbocycles. The number of halogens is 1. The number of rotatable bonds is 10. The summed E-state index contributed by atoms with van der Waals surface area (Å²) in [6.45, 7) is 4.52. The predicted octanol–water partition coefficient (Wildman–Crippen LogP) is 1.03. The van der Waals surface area contributed by atoms with Crippen molar-refractivity contribution < 1.29 is 33.4 Å². The van der Waals surface area contributed by atoms with Gasteiger partial charge in [0.1, 0.15) is 17.9 Å². The molecule has 0 saturated carbocycles. The van der Waals surface area contributed by atoms with Crippen molar-refractivity contribution >= 4 is 23.8 Å². The lowest BCUT2D eigenvalue weighted by molar-refractivity contribution is -0.147. The summed E-state index contributed by atoms with van der Waals surface area (Å²) in [5, 5.41) is 14.2. The summed E-state index contributed by atoms with van der Waals surface area (Å²) in [5.41, 5.74) is 0.585. The van der Waals surface area contributed by atoms with Gasteiger partial charge in [-0.05, 0) is 30.5 Å². The van der Waals surface area contributed by atoms with Crippen LogP contribution < -0.4 is 10.6 Å². The standard InChI is InChI=1S/C19H25FN2O6/c1-4-28-16(24)9-11(2)17(19(26)27)22-18(25)15(21-12(3)23)10-13-5-7-14(20)8-6-13/h5-8,11,15,17H,4,9-10H2,1-3H3,(H,21,23)(H,22,25)(H,26,27)/t11-,15+,17-/m0/s1. The van der Waals surface area contributed by atoms with E-state index in [4.69, 9.17) is 4.74 Å². The highest BCUT2D eigenvalue weighted by Crippen LogP contribution is 2.12. The third-order valence-corrected chi connectivity index (χ3v) is 3.97. The summed E-state index contributed by atoms with van der Waals surface area (Å²) in [6.07, 6.45) is -0.141. The second-order valence-electron chi connectivity index (χ2n) is 6.39. The third kappa shape index (κ3) is 7.73. The summed E-state index contributed by atoms with van der Waals surface area (Å²) in [7, 11) is 0. The first-order valence-corrected chi connectivity index (χ1v) is 8.84. The normalized spacial score (nSPS) is 13.7. The Labute approximate surface area is 162 Å². The average Bonchev–Trinajstić information content (AvgIpc) is 2.60. The number of hydrogen-bond donors (Lipinski definition) is 3. The summed E-state index contributed by atoms with van der Waals surface area (Å²) in [5.74, 6) is -4.25. The molecule has 28 heavy (non-hydrogen) atoms. The molecule has 3 N–H and O–H groups in total. The van der Waals surface area contributed by atoms with Crippen LogP contribution in [0.1, 0.15) is 32.8 Å². The van der Waals surface area contributed by atoms with Crippen LogP contribution in [0.2, 0.25) is 0 Å². The summed E-state index contributed by atoms with van der Waals surface area (Å²) < 4.78 is 17.9. The van der Waals surface area contributed by atoms with E-state index in [1.807, 2.05) is 0 Å². The van der Waals surface area contributed by atoms with Gasteiger partial charge in [0, 0.05) is 13.3 Å². The molecule has 0 aliphatic carbocycles. The van der Waals surface area contributed by atoms with Gasteiger partial charge in [0.2, 0.25) is 11.8 Å². The van der Waals surface area contributed by atoms with Crippen molar-refractivity contribution in [1.82, 2.24) is 10.6 Å². The third-order valence-electron chi connectivity index (χ3n) is 3.97. The molecular formula is C19H25FN2O6. The van der Waals surface area contributed by atoms with E-state index in [0.717, 1.165) is 0 Å². The largest absolute Gasteiger partial charge is 0.480 e. The lowest BCUT2D eigenvalue weighted by Gasteiger charge is -2.24. The van der Waals surface area contributed by atoms with Crippen LogP contribution in [0.3, 0.4) is 0 Å². The molecule has 3 atom stereocenters. The molecule has 1 rings (SSSR count). The van der Waals surface area contributed by atoms with Gasteiger partial charge >= 0.3 is 11.9 Å². The molecule has 0 fully saturated rings. The molecule has 8 nitrogen and oxygen atoms in total. The number of esters is 1. The molecule has 1 aromatic rings. The van der Waals surface area contributed by atoms with Crippen LogP contribution in [0.4, 0.5) is 4.39 Å². The molecule has 154 valence electrons. The first-order chi connectivity index (χ1) is 13.1. The van der Waals surface area contributed by atoms with Gasteiger partial charge in [-0.25, -0.2) is 9.18 Å². The van der Waals surface area contributed by atoms with Crippen LogP contribution >= 0.6 is 0 Å². The molecular weight excluding hydrogens is 371 g/mol. The van der Waals surface area contributed by atoms with Crippen molar-refractivity contribution in [2.45, 2.75) is 45.7 Å². The van der Waals surface area contributed by atoms with Crippen molar-refractivity contribution in [3.05, 3.63) is 35.6 Å². The molecule has 2 amide bonds. The Balaban J connectivity index is 2.89. The van der Waals surface area contributed by atoms with Crippen molar-refractivity contribution in [3.63, 3.8) is 0 Å². The molecule has 0 saturated heterocycles. The van der Waals surface area contributed by atoms with Gasteiger partial charge in [0.15, 0.2) is 0 Å². The predicted molar refractivity (Wildman–Crippen MR) is 97.7 cm³/mol. The number of amides is 2. The number of hydrogen-bond acceptors (Lipinski definition) is 5. The average molecular weight is 396 g/mol. The number of aliphatic carboxylic acids is 1. The van der Waals surface area contributed by atoms with Crippen LogP contribution in [0.5, 0.6) is 0 Å². The zero-order valence-electron chi connectivity index (χ0n) is 16.0. The first-order valence-electron chi connectivity index (χ1n) is 8.84. The topological polar surface area (TPSA) is 122 Å².